The molecule has 0 saturated carbocycles. The molecule has 3 amide bonds. The van der Waals surface area contributed by atoms with E-state index in [4.69, 9.17) is 14.2 Å². The number of amides is 3. The summed E-state index contributed by atoms with van der Waals surface area (Å²) in [6.45, 7) is 0.314. The highest BCUT2D eigenvalue weighted by molar-refractivity contribution is 5.95. The van der Waals surface area contributed by atoms with Crippen molar-refractivity contribution in [3.63, 3.8) is 0 Å². The topological polar surface area (TPSA) is 119 Å². The highest BCUT2D eigenvalue weighted by atomic mass is 19.1. The van der Waals surface area contributed by atoms with Crippen LogP contribution in [0.5, 0.6) is 17.2 Å². The number of benzene rings is 2. The Balaban J connectivity index is 1.41. The van der Waals surface area contributed by atoms with E-state index in [9.17, 15) is 18.8 Å². The lowest BCUT2D eigenvalue weighted by Gasteiger charge is -2.39. The van der Waals surface area contributed by atoms with Gasteiger partial charge in [0.25, 0.3) is 11.8 Å². The molecule has 11 heteroatoms. The van der Waals surface area contributed by atoms with Gasteiger partial charge in [-0.25, -0.2) is 4.39 Å². The number of methoxy groups -OCH3 is 1. The fraction of sp³-hybridized carbons (Fsp3) is 0.310. The van der Waals surface area contributed by atoms with E-state index in [1.807, 2.05) is 0 Å². The molecule has 10 nitrogen and oxygen atoms in total. The number of carbonyl (C=O) groups excluding carboxylic acids is 3. The van der Waals surface area contributed by atoms with Crippen LogP contribution in [0.4, 0.5) is 4.39 Å². The Morgan fingerprint density at radius 3 is 2.77 bits per heavy atom. The minimum Gasteiger partial charge on any atom is -0.493 e. The number of hydrogen-bond donors (Lipinski definition) is 2. The van der Waals surface area contributed by atoms with Gasteiger partial charge in [-0.05, 0) is 53.6 Å². The first-order valence-corrected chi connectivity index (χ1v) is 12.9. The van der Waals surface area contributed by atoms with Crippen molar-refractivity contribution in [2.45, 2.75) is 31.5 Å². The predicted molar refractivity (Wildman–Crippen MR) is 142 cm³/mol. The molecule has 2 aromatic carbocycles. The summed E-state index contributed by atoms with van der Waals surface area (Å²) in [4.78, 5) is 44.5. The largest absolute Gasteiger partial charge is 0.493 e. The predicted octanol–water partition coefficient (Wildman–Crippen LogP) is 2.26. The third-order valence-corrected chi connectivity index (χ3v) is 6.81. The summed E-state index contributed by atoms with van der Waals surface area (Å²) in [6.07, 6.45) is 3.34. The molecule has 40 heavy (non-hydrogen) atoms. The Labute approximate surface area is 230 Å². The summed E-state index contributed by atoms with van der Waals surface area (Å²) in [6, 6.07) is 11.8. The number of pyridine rings is 1. The summed E-state index contributed by atoms with van der Waals surface area (Å²) < 4.78 is 31.7. The monoisotopic (exact) mass is 548 g/mol. The van der Waals surface area contributed by atoms with Gasteiger partial charge in [0, 0.05) is 50.1 Å². The van der Waals surface area contributed by atoms with Crippen LogP contribution < -0.4 is 24.8 Å². The van der Waals surface area contributed by atoms with Gasteiger partial charge in [-0.1, -0.05) is 0 Å². The van der Waals surface area contributed by atoms with Crippen molar-refractivity contribution in [3.8, 4) is 17.2 Å². The number of carbonyl (C=O) groups is 3. The SMILES string of the molecule is COc1ccc2cc1OCC(=O)N[C@@H]1CN(C(=O)Cc3ccncc3)CC[C@@H]1Oc1cc(F)cc(c1)CNC2=O. The van der Waals surface area contributed by atoms with E-state index in [-0.39, 0.29) is 49.1 Å². The van der Waals surface area contributed by atoms with Gasteiger partial charge in [0.15, 0.2) is 18.1 Å². The van der Waals surface area contributed by atoms with Crippen LogP contribution in [0.1, 0.15) is 27.9 Å². The average Bonchev–Trinajstić information content (AvgIpc) is 2.95. The van der Waals surface area contributed by atoms with E-state index in [2.05, 4.69) is 15.6 Å². The lowest BCUT2D eigenvalue weighted by Crippen LogP contribution is -2.58. The number of fused-ring (bicyclic) bond motifs is 5. The Hall–Kier alpha value is -4.67. The van der Waals surface area contributed by atoms with Gasteiger partial charge < -0.3 is 29.7 Å². The maximum absolute atomic E-state index is 14.5. The first kappa shape index (κ1) is 26.9. The van der Waals surface area contributed by atoms with E-state index >= 15 is 0 Å². The number of rotatable bonds is 3. The second-order valence-corrected chi connectivity index (χ2v) is 9.62. The zero-order valence-electron chi connectivity index (χ0n) is 21.9. The molecule has 0 spiro atoms. The first-order chi connectivity index (χ1) is 19.4. The highest BCUT2D eigenvalue weighted by Crippen LogP contribution is 2.29. The maximum Gasteiger partial charge on any atom is 0.258 e. The molecule has 3 heterocycles. The van der Waals surface area contributed by atoms with Crippen molar-refractivity contribution in [1.82, 2.24) is 20.5 Å². The summed E-state index contributed by atoms with van der Waals surface area (Å²) in [7, 11) is 1.46. The molecule has 2 atom stereocenters. The molecule has 4 bridgehead atoms. The Bertz CT molecular complexity index is 1400. The molecule has 0 radical (unpaired) electrons. The number of nitrogens with one attached hydrogen (secondary N) is 2. The second-order valence-electron chi connectivity index (χ2n) is 9.62. The van der Waals surface area contributed by atoms with Gasteiger partial charge in [0.05, 0.1) is 19.6 Å². The summed E-state index contributed by atoms with van der Waals surface area (Å²) >= 11 is 0. The smallest absolute Gasteiger partial charge is 0.258 e. The summed E-state index contributed by atoms with van der Waals surface area (Å²) in [5.41, 5.74) is 1.63. The third kappa shape index (κ3) is 6.48. The molecule has 0 aliphatic carbocycles. The molecule has 3 aromatic rings. The van der Waals surface area contributed by atoms with Gasteiger partial charge in [0.1, 0.15) is 17.7 Å². The highest BCUT2D eigenvalue weighted by Gasteiger charge is 2.34. The van der Waals surface area contributed by atoms with E-state index in [0.29, 0.717) is 24.3 Å². The molecule has 1 fully saturated rings. The zero-order valence-corrected chi connectivity index (χ0v) is 21.9. The van der Waals surface area contributed by atoms with Gasteiger partial charge >= 0.3 is 0 Å². The summed E-state index contributed by atoms with van der Waals surface area (Å²) in [5, 5.41) is 5.68. The van der Waals surface area contributed by atoms with Crippen LogP contribution in [0.3, 0.4) is 0 Å². The number of nitrogens with zero attached hydrogens (tertiary/aromatic N) is 2. The fourth-order valence-electron chi connectivity index (χ4n) is 4.80. The number of aromatic nitrogens is 1. The average molecular weight is 549 g/mol. The van der Waals surface area contributed by atoms with E-state index in [0.717, 1.165) is 5.56 Å². The molecule has 2 N–H and O–H groups in total. The minimum absolute atomic E-state index is 0.0668. The van der Waals surface area contributed by atoms with Crippen molar-refractivity contribution in [1.29, 1.82) is 0 Å². The minimum atomic E-state index is -0.584. The van der Waals surface area contributed by atoms with Crippen LogP contribution >= 0.6 is 0 Å². The van der Waals surface area contributed by atoms with Gasteiger partial charge in [0.2, 0.25) is 5.91 Å². The van der Waals surface area contributed by atoms with Crippen molar-refractivity contribution in [2.24, 2.45) is 0 Å². The molecule has 0 unspecified atom stereocenters. The number of piperidine rings is 1. The second kappa shape index (κ2) is 12.0. The lowest BCUT2D eigenvalue weighted by atomic mass is 10.0. The van der Waals surface area contributed by atoms with Crippen LogP contribution in [0.25, 0.3) is 0 Å². The number of ether oxygens (including phenoxy) is 3. The Kier molecular flexibility index (Phi) is 8.09. The zero-order chi connectivity index (χ0) is 28.1. The van der Waals surface area contributed by atoms with Crippen molar-refractivity contribution < 1.29 is 33.0 Å². The van der Waals surface area contributed by atoms with Crippen molar-refractivity contribution >= 4 is 17.7 Å². The Morgan fingerprint density at radius 1 is 1.15 bits per heavy atom. The van der Waals surface area contributed by atoms with Crippen LogP contribution in [-0.2, 0) is 22.6 Å². The molecule has 5 rings (SSSR count). The Morgan fingerprint density at radius 2 is 1.98 bits per heavy atom. The molecule has 1 aromatic heterocycles. The van der Waals surface area contributed by atoms with Crippen LogP contribution in [0.15, 0.2) is 60.9 Å². The first-order valence-electron chi connectivity index (χ1n) is 12.9. The standard InChI is InChI=1S/C29H29FN4O6/c1-38-25-3-2-20-13-26(25)39-17-27(35)33-23-16-34(28(36)12-18-4-7-31-8-5-18)9-6-24(23)40-22-11-19(10-21(30)14-22)15-32-29(20)37/h2-5,7-8,10-11,13-14,23-24H,6,9,12,15-17H2,1H3,(H,32,37)(H,33,35)/t23-,24+/m1/s1. The third-order valence-electron chi connectivity index (χ3n) is 6.81. The molecule has 2 aliphatic rings. The van der Waals surface area contributed by atoms with E-state index in [1.54, 1.807) is 47.6 Å². The van der Waals surface area contributed by atoms with Gasteiger partial charge in [-0.3, -0.25) is 19.4 Å². The summed E-state index contributed by atoms with van der Waals surface area (Å²) in [5.74, 6) is -0.630. The fourth-order valence-corrected chi connectivity index (χ4v) is 4.80. The molecular weight excluding hydrogens is 519 g/mol. The number of hydrogen-bond acceptors (Lipinski definition) is 7. The van der Waals surface area contributed by atoms with Crippen LogP contribution in [0.2, 0.25) is 0 Å². The quantitative estimate of drug-likeness (QED) is 0.516. The molecule has 208 valence electrons. The van der Waals surface area contributed by atoms with Gasteiger partial charge in [-0.15, -0.1) is 0 Å². The van der Waals surface area contributed by atoms with Crippen LogP contribution in [0, 0.1) is 5.82 Å². The van der Waals surface area contributed by atoms with E-state index in [1.165, 1.54) is 25.3 Å². The molecular formula is C29H29FN4O6. The van der Waals surface area contributed by atoms with Crippen molar-refractivity contribution in [2.75, 3.05) is 26.8 Å². The molecule has 1 saturated heterocycles. The normalized spacial score (nSPS) is 19.3. The maximum atomic E-state index is 14.5. The van der Waals surface area contributed by atoms with Gasteiger partial charge in [-0.2, -0.15) is 0 Å². The lowest BCUT2D eigenvalue weighted by molar-refractivity contribution is -0.135. The number of halogens is 1. The van der Waals surface area contributed by atoms with Crippen molar-refractivity contribution in [3.05, 3.63) is 83.4 Å². The number of likely N-dealkylation sites (tertiary alicyclic amines) is 1. The molecule has 2 aliphatic heterocycles. The van der Waals surface area contributed by atoms with E-state index < -0.39 is 29.8 Å². The van der Waals surface area contributed by atoms with Crippen LogP contribution in [-0.4, -0.2) is 66.6 Å².